The molecule has 2 heterocycles. The Morgan fingerprint density at radius 2 is 1.59 bits per heavy atom. The molecular weight excluding hydrogens is 339 g/mol. The summed E-state index contributed by atoms with van der Waals surface area (Å²) in [4.78, 5) is 4.75. The molecule has 0 saturated carbocycles. The zero-order valence-corrected chi connectivity index (χ0v) is 15.8. The molecule has 0 unspecified atom stereocenters. The minimum atomic E-state index is -0.282. The monoisotopic (exact) mass is 368 g/mol. The Hall–Kier alpha value is -1.75. The summed E-state index contributed by atoms with van der Waals surface area (Å²) in [5.41, 5.74) is 2.18. The summed E-state index contributed by atoms with van der Waals surface area (Å²) in [5.74, 6) is 0.488. The Morgan fingerprint density at radius 1 is 0.889 bits per heavy atom. The van der Waals surface area contributed by atoms with E-state index in [0.29, 0.717) is 12.5 Å². The van der Waals surface area contributed by atoms with E-state index in [4.69, 9.17) is 0 Å². The molecule has 2 atom stereocenters. The van der Waals surface area contributed by atoms with Crippen molar-refractivity contribution in [2.24, 2.45) is 0 Å². The summed E-state index contributed by atoms with van der Waals surface area (Å²) in [7, 11) is 0. The van der Waals surface area contributed by atoms with Crippen LogP contribution in [0.5, 0.6) is 0 Å². The van der Waals surface area contributed by atoms with Crippen molar-refractivity contribution >= 4 is 0 Å². The molecule has 2 saturated heterocycles. The fourth-order valence-corrected chi connectivity index (χ4v) is 4.64. The summed E-state index contributed by atoms with van der Waals surface area (Å²) in [6.07, 6.45) is 2.76. The topological polar surface area (TPSA) is 26.7 Å². The summed E-state index contributed by atoms with van der Waals surface area (Å²) in [6.45, 7) is 4.30. The first kappa shape index (κ1) is 18.6. The predicted octanol–water partition coefficient (Wildman–Crippen LogP) is 3.64. The summed E-state index contributed by atoms with van der Waals surface area (Å²) < 4.78 is 14.0. The van der Waals surface area contributed by atoms with Crippen LogP contribution < -0.4 is 0 Å². The first-order valence-electron chi connectivity index (χ1n) is 10.1. The number of likely N-dealkylation sites (tertiary alicyclic amines) is 2. The van der Waals surface area contributed by atoms with E-state index in [0.717, 1.165) is 51.0 Å². The quantitative estimate of drug-likeness (QED) is 0.893. The molecule has 2 aromatic carbocycles. The molecule has 0 amide bonds. The Kier molecular flexibility index (Phi) is 5.86. The second-order valence-corrected chi connectivity index (χ2v) is 7.97. The van der Waals surface area contributed by atoms with Gasteiger partial charge in [-0.25, -0.2) is 4.39 Å². The van der Waals surface area contributed by atoms with Crippen molar-refractivity contribution < 1.29 is 9.50 Å². The normalized spacial score (nSPS) is 25.6. The van der Waals surface area contributed by atoms with Gasteiger partial charge in [-0.2, -0.15) is 0 Å². The maximum absolute atomic E-state index is 14.0. The van der Waals surface area contributed by atoms with Crippen LogP contribution in [0.4, 0.5) is 4.39 Å². The van der Waals surface area contributed by atoms with Gasteiger partial charge in [-0.05, 0) is 49.9 Å². The predicted molar refractivity (Wildman–Crippen MR) is 106 cm³/mol. The van der Waals surface area contributed by atoms with Crippen molar-refractivity contribution in [3.63, 3.8) is 0 Å². The van der Waals surface area contributed by atoms with Crippen LogP contribution in [0.1, 0.15) is 36.3 Å². The van der Waals surface area contributed by atoms with Crippen molar-refractivity contribution in [1.82, 2.24) is 9.80 Å². The highest BCUT2D eigenvalue weighted by Gasteiger charge is 2.34. The van der Waals surface area contributed by atoms with Crippen LogP contribution in [0.25, 0.3) is 0 Å². The number of hydrogen-bond acceptors (Lipinski definition) is 3. The second-order valence-electron chi connectivity index (χ2n) is 7.97. The lowest BCUT2D eigenvalue weighted by Gasteiger charge is -2.45. The molecule has 2 fully saturated rings. The van der Waals surface area contributed by atoms with E-state index in [1.54, 1.807) is 6.07 Å². The first-order valence-corrected chi connectivity index (χ1v) is 10.1. The van der Waals surface area contributed by atoms with E-state index in [1.165, 1.54) is 11.6 Å². The summed E-state index contributed by atoms with van der Waals surface area (Å²) >= 11 is 0. The highest BCUT2D eigenvalue weighted by molar-refractivity contribution is 5.20. The van der Waals surface area contributed by atoms with Gasteiger partial charge in [0, 0.05) is 31.2 Å². The van der Waals surface area contributed by atoms with Crippen molar-refractivity contribution in [1.29, 1.82) is 0 Å². The van der Waals surface area contributed by atoms with E-state index in [9.17, 15) is 9.50 Å². The van der Waals surface area contributed by atoms with Crippen LogP contribution in [0, 0.1) is 5.82 Å². The number of nitrogens with zero attached hydrogens (tertiary/aromatic N) is 2. The van der Waals surface area contributed by atoms with Crippen LogP contribution in [0.2, 0.25) is 0 Å². The van der Waals surface area contributed by atoms with Gasteiger partial charge >= 0.3 is 0 Å². The lowest BCUT2D eigenvalue weighted by molar-refractivity contribution is -0.0224. The smallest absolute Gasteiger partial charge is 0.127 e. The molecule has 4 rings (SSSR count). The Bertz CT molecular complexity index is 730. The largest absolute Gasteiger partial charge is 0.391 e. The van der Waals surface area contributed by atoms with Crippen molar-refractivity contribution in [2.75, 3.05) is 26.2 Å². The van der Waals surface area contributed by atoms with E-state index >= 15 is 0 Å². The van der Waals surface area contributed by atoms with Crippen LogP contribution in [-0.2, 0) is 6.54 Å². The van der Waals surface area contributed by atoms with Crippen molar-refractivity contribution in [2.45, 2.75) is 43.9 Å². The Balaban J connectivity index is 1.36. The molecule has 0 spiro atoms. The lowest BCUT2D eigenvalue weighted by Crippen LogP contribution is -2.56. The molecule has 0 bridgehead atoms. The third-order valence-electron chi connectivity index (χ3n) is 6.25. The average Bonchev–Trinajstić information content (AvgIpc) is 2.72. The third-order valence-corrected chi connectivity index (χ3v) is 6.25. The summed E-state index contributed by atoms with van der Waals surface area (Å²) in [5, 5.41) is 10.6. The molecule has 0 aromatic heterocycles. The molecule has 2 aliphatic heterocycles. The number of piperidine rings is 2. The molecule has 2 aliphatic rings. The second kappa shape index (κ2) is 8.51. The van der Waals surface area contributed by atoms with Crippen LogP contribution in [0.15, 0.2) is 54.6 Å². The average molecular weight is 368 g/mol. The van der Waals surface area contributed by atoms with Crippen LogP contribution in [-0.4, -0.2) is 53.2 Å². The SMILES string of the molecule is O[C@@H]1CCN(Cc2ccccc2F)C[C@H]1N1CCC(c2ccccc2)CC1. The summed E-state index contributed by atoms with van der Waals surface area (Å²) in [6, 6.07) is 17.9. The minimum Gasteiger partial charge on any atom is -0.391 e. The lowest BCUT2D eigenvalue weighted by atomic mass is 9.88. The van der Waals surface area contributed by atoms with E-state index in [2.05, 4.69) is 40.1 Å². The van der Waals surface area contributed by atoms with Crippen molar-refractivity contribution in [3.05, 3.63) is 71.5 Å². The number of aliphatic hydroxyl groups excluding tert-OH is 1. The van der Waals surface area contributed by atoms with Crippen molar-refractivity contribution in [3.8, 4) is 0 Å². The molecule has 1 N–H and O–H groups in total. The number of benzene rings is 2. The Labute approximate surface area is 161 Å². The molecule has 0 aliphatic carbocycles. The van der Waals surface area contributed by atoms with Gasteiger partial charge in [0.1, 0.15) is 5.82 Å². The Morgan fingerprint density at radius 3 is 2.33 bits per heavy atom. The van der Waals surface area contributed by atoms with Crippen LogP contribution >= 0.6 is 0 Å². The van der Waals surface area contributed by atoms with Gasteiger partial charge in [-0.3, -0.25) is 9.80 Å². The molecular formula is C23H29FN2O. The van der Waals surface area contributed by atoms with Gasteiger partial charge in [-0.1, -0.05) is 48.5 Å². The number of halogens is 1. The van der Waals surface area contributed by atoms with Gasteiger partial charge in [-0.15, -0.1) is 0 Å². The molecule has 4 heteroatoms. The number of rotatable bonds is 4. The highest BCUT2D eigenvalue weighted by Crippen LogP contribution is 2.30. The highest BCUT2D eigenvalue weighted by atomic mass is 19.1. The van der Waals surface area contributed by atoms with Crippen LogP contribution in [0.3, 0.4) is 0 Å². The first-order chi connectivity index (χ1) is 13.2. The standard InChI is InChI=1S/C23H29FN2O/c24-21-9-5-4-8-20(21)16-25-13-12-23(27)22(17-25)26-14-10-19(11-15-26)18-6-2-1-3-7-18/h1-9,19,22-23,27H,10-17H2/t22-,23-/m1/s1. The minimum absolute atomic E-state index is 0.135. The molecule has 144 valence electrons. The maximum Gasteiger partial charge on any atom is 0.127 e. The fraction of sp³-hybridized carbons (Fsp3) is 0.478. The maximum atomic E-state index is 14.0. The van der Waals surface area contributed by atoms with Gasteiger partial charge in [0.15, 0.2) is 0 Å². The zero-order chi connectivity index (χ0) is 18.6. The van der Waals surface area contributed by atoms with Gasteiger partial charge in [0.25, 0.3) is 0 Å². The fourth-order valence-electron chi connectivity index (χ4n) is 4.64. The van der Waals surface area contributed by atoms with Gasteiger partial charge in [0.2, 0.25) is 0 Å². The van der Waals surface area contributed by atoms with E-state index in [-0.39, 0.29) is 18.0 Å². The van der Waals surface area contributed by atoms with E-state index in [1.807, 2.05) is 12.1 Å². The third kappa shape index (κ3) is 4.40. The van der Waals surface area contributed by atoms with E-state index < -0.39 is 0 Å². The molecule has 0 radical (unpaired) electrons. The molecule has 2 aromatic rings. The number of hydrogen-bond donors (Lipinski definition) is 1. The number of aliphatic hydroxyl groups is 1. The molecule has 27 heavy (non-hydrogen) atoms. The zero-order valence-electron chi connectivity index (χ0n) is 15.8. The molecule has 3 nitrogen and oxygen atoms in total. The van der Waals surface area contributed by atoms with Gasteiger partial charge < -0.3 is 5.11 Å². The van der Waals surface area contributed by atoms with Gasteiger partial charge in [0.05, 0.1) is 6.10 Å².